The molecule has 22 heavy (non-hydrogen) atoms. The average Bonchev–Trinajstić information content (AvgIpc) is 2.55. The van der Waals surface area contributed by atoms with Crippen LogP contribution in [-0.2, 0) is 11.3 Å². The lowest BCUT2D eigenvalue weighted by atomic mass is 9.82. The summed E-state index contributed by atoms with van der Waals surface area (Å²) in [5, 5.41) is 17.2. The van der Waals surface area contributed by atoms with Crippen LogP contribution in [0.25, 0.3) is 0 Å². The molecule has 122 valence electrons. The van der Waals surface area contributed by atoms with Crippen LogP contribution in [0.4, 0.5) is 0 Å². The molecule has 1 aliphatic rings. The van der Waals surface area contributed by atoms with Gasteiger partial charge < -0.3 is 21.7 Å². The van der Waals surface area contributed by atoms with Crippen molar-refractivity contribution < 1.29 is 19.8 Å². The van der Waals surface area contributed by atoms with E-state index in [9.17, 15) is 9.59 Å². The first kappa shape index (κ1) is 18.1. The topological polar surface area (TPSA) is 127 Å². The molecule has 1 aliphatic carbocycles. The third-order valence-corrected chi connectivity index (χ3v) is 3.97. The Labute approximate surface area is 130 Å². The third kappa shape index (κ3) is 5.83. The first-order valence-corrected chi connectivity index (χ1v) is 7.43. The Bertz CT molecular complexity index is 479. The first-order chi connectivity index (χ1) is 10.5. The summed E-state index contributed by atoms with van der Waals surface area (Å²) in [6, 6.07) is 6.52. The molecule has 6 heteroatoms. The van der Waals surface area contributed by atoms with Crippen molar-refractivity contribution in [2.45, 2.75) is 32.2 Å². The molecule has 0 radical (unpaired) electrons. The fourth-order valence-corrected chi connectivity index (χ4v) is 2.43. The number of hydrogen-bond acceptors (Lipinski definition) is 4. The van der Waals surface area contributed by atoms with E-state index in [0.29, 0.717) is 24.6 Å². The van der Waals surface area contributed by atoms with Crippen LogP contribution in [0.1, 0.15) is 41.6 Å². The lowest BCUT2D eigenvalue weighted by Gasteiger charge is -2.24. The molecule has 0 spiro atoms. The molecule has 0 aliphatic heterocycles. The summed E-state index contributed by atoms with van der Waals surface area (Å²) in [7, 11) is 0. The van der Waals surface area contributed by atoms with Crippen molar-refractivity contribution in [3.63, 3.8) is 0 Å². The quantitative estimate of drug-likeness (QED) is 0.670. The number of aliphatic carboxylic acids is 1. The molecule has 1 aromatic rings. The number of carbonyl (C=O) groups is 2. The van der Waals surface area contributed by atoms with Crippen LogP contribution in [0.5, 0.6) is 0 Å². The third-order valence-electron chi connectivity index (χ3n) is 3.97. The van der Waals surface area contributed by atoms with Gasteiger partial charge in [-0.3, -0.25) is 4.79 Å². The van der Waals surface area contributed by atoms with E-state index in [1.807, 2.05) is 0 Å². The molecular formula is C16H24N2O4. The van der Waals surface area contributed by atoms with Gasteiger partial charge in [0.25, 0.3) is 0 Å². The Morgan fingerprint density at radius 3 is 1.91 bits per heavy atom. The van der Waals surface area contributed by atoms with Gasteiger partial charge in [0.1, 0.15) is 0 Å². The normalized spacial score (nSPS) is 20.6. The molecule has 0 atom stereocenters. The Kier molecular flexibility index (Phi) is 7.56. The Balaban J connectivity index is 0.000000220. The highest BCUT2D eigenvalue weighted by Gasteiger charge is 2.24. The van der Waals surface area contributed by atoms with Crippen molar-refractivity contribution in [3.05, 3.63) is 35.4 Å². The molecule has 0 saturated heterocycles. The van der Waals surface area contributed by atoms with E-state index in [2.05, 4.69) is 0 Å². The molecule has 6 nitrogen and oxygen atoms in total. The minimum absolute atomic E-state index is 0.0993. The number of benzene rings is 1. The largest absolute Gasteiger partial charge is 0.481 e. The predicted molar refractivity (Wildman–Crippen MR) is 83.4 cm³/mol. The van der Waals surface area contributed by atoms with E-state index in [1.54, 1.807) is 24.3 Å². The van der Waals surface area contributed by atoms with Crippen LogP contribution in [0, 0.1) is 11.8 Å². The van der Waals surface area contributed by atoms with E-state index in [0.717, 1.165) is 31.2 Å². The second-order valence-corrected chi connectivity index (χ2v) is 5.50. The van der Waals surface area contributed by atoms with Crippen LogP contribution in [0.3, 0.4) is 0 Å². The van der Waals surface area contributed by atoms with Gasteiger partial charge in [-0.1, -0.05) is 12.1 Å². The van der Waals surface area contributed by atoms with Crippen molar-refractivity contribution >= 4 is 11.9 Å². The number of carboxylic acid groups (broad SMARTS) is 2. The minimum Gasteiger partial charge on any atom is -0.481 e. The molecule has 1 fully saturated rings. The highest BCUT2D eigenvalue weighted by Crippen LogP contribution is 2.27. The van der Waals surface area contributed by atoms with Gasteiger partial charge in [-0.2, -0.15) is 0 Å². The van der Waals surface area contributed by atoms with Crippen LogP contribution in [-0.4, -0.2) is 28.7 Å². The molecule has 2 rings (SSSR count). The lowest BCUT2D eigenvalue weighted by molar-refractivity contribution is -0.143. The molecule has 1 saturated carbocycles. The number of aromatic carboxylic acids is 1. The number of nitrogens with two attached hydrogens (primary N) is 2. The fourth-order valence-electron chi connectivity index (χ4n) is 2.43. The van der Waals surface area contributed by atoms with Gasteiger partial charge in [0, 0.05) is 6.54 Å². The molecular weight excluding hydrogens is 284 g/mol. The van der Waals surface area contributed by atoms with Crippen molar-refractivity contribution in [3.8, 4) is 0 Å². The maximum absolute atomic E-state index is 10.5. The maximum Gasteiger partial charge on any atom is 0.335 e. The van der Waals surface area contributed by atoms with Gasteiger partial charge in [-0.05, 0) is 55.8 Å². The summed E-state index contributed by atoms with van der Waals surface area (Å²) in [5.41, 5.74) is 12.0. The zero-order chi connectivity index (χ0) is 16.5. The van der Waals surface area contributed by atoms with Crippen LogP contribution >= 0.6 is 0 Å². The number of hydrogen-bond donors (Lipinski definition) is 4. The molecule has 1 aromatic carbocycles. The zero-order valence-electron chi connectivity index (χ0n) is 12.6. The summed E-state index contributed by atoms with van der Waals surface area (Å²) >= 11 is 0. The van der Waals surface area contributed by atoms with E-state index >= 15 is 0 Å². The van der Waals surface area contributed by atoms with Crippen LogP contribution in [0.2, 0.25) is 0 Å². The van der Waals surface area contributed by atoms with E-state index < -0.39 is 11.9 Å². The summed E-state index contributed by atoms with van der Waals surface area (Å²) in [6.07, 6.45) is 3.62. The summed E-state index contributed by atoms with van der Waals surface area (Å²) in [5.74, 6) is -1.07. The Morgan fingerprint density at radius 2 is 1.55 bits per heavy atom. The zero-order valence-corrected chi connectivity index (χ0v) is 12.6. The number of carboxylic acids is 2. The fraction of sp³-hybridized carbons (Fsp3) is 0.500. The SMILES string of the molecule is NCC1CCC(C(=O)O)CC1.NCc1ccc(C(=O)O)cc1. The number of rotatable bonds is 4. The smallest absolute Gasteiger partial charge is 0.335 e. The van der Waals surface area contributed by atoms with Gasteiger partial charge in [-0.15, -0.1) is 0 Å². The molecule has 0 unspecified atom stereocenters. The van der Waals surface area contributed by atoms with Crippen LogP contribution < -0.4 is 11.5 Å². The molecule has 0 heterocycles. The summed E-state index contributed by atoms with van der Waals surface area (Å²) in [6.45, 7) is 1.16. The van der Waals surface area contributed by atoms with Crippen molar-refractivity contribution in [2.75, 3.05) is 6.54 Å². The van der Waals surface area contributed by atoms with Crippen molar-refractivity contribution in [2.24, 2.45) is 23.3 Å². The monoisotopic (exact) mass is 308 g/mol. The van der Waals surface area contributed by atoms with E-state index in [4.69, 9.17) is 21.7 Å². The van der Waals surface area contributed by atoms with Gasteiger partial charge in [0.15, 0.2) is 0 Å². The standard InChI is InChI=1S/C8H15NO2.C8H9NO2/c2*9-5-6-1-3-7(4-2-6)8(10)11/h6-7H,1-5,9H2,(H,10,11);1-4H,5,9H2,(H,10,11). The lowest BCUT2D eigenvalue weighted by Crippen LogP contribution is -2.25. The second kappa shape index (κ2) is 9.17. The molecule has 6 N–H and O–H groups in total. The summed E-state index contributed by atoms with van der Waals surface area (Å²) < 4.78 is 0. The second-order valence-electron chi connectivity index (χ2n) is 5.50. The Morgan fingerprint density at radius 1 is 1.00 bits per heavy atom. The van der Waals surface area contributed by atoms with Gasteiger partial charge in [0.2, 0.25) is 0 Å². The van der Waals surface area contributed by atoms with Gasteiger partial charge in [0.05, 0.1) is 11.5 Å². The van der Waals surface area contributed by atoms with Crippen LogP contribution in [0.15, 0.2) is 24.3 Å². The first-order valence-electron chi connectivity index (χ1n) is 7.43. The summed E-state index contributed by atoms with van der Waals surface area (Å²) in [4.78, 5) is 20.9. The van der Waals surface area contributed by atoms with E-state index in [1.165, 1.54) is 0 Å². The highest BCUT2D eigenvalue weighted by atomic mass is 16.4. The average molecular weight is 308 g/mol. The van der Waals surface area contributed by atoms with Crippen molar-refractivity contribution in [1.82, 2.24) is 0 Å². The van der Waals surface area contributed by atoms with Gasteiger partial charge in [-0.25, -0.2) is 4.79 Å². The highest BCUT2D eigenvalue weighted by molar-refractivity contribution is 5.87. The minimum atomic E-state index is -0.909. The predicted octanol–water partition coefficient (Wildman–Crippen LogP) is 1.68. The molecule has 0 amide bonds. The van der Waals surface area contributed by atoms with E-state index in [-0.39, 0.29) is 5.92 Å². The maximum atomic E-state index is 10.5. The molecule has 0 bridgehead atoms. The van der Waals surface area contributed by atoms with Gasteiger partial charge >= 0.3 is 11.9 Å². The van der Waals surface area contributed by atoms with Crippen molar-refractivity contribution in [1.29, 1.82) is 0 Å². The molecule has 0 aromatic heterocycles. The Hall–Kier alpha value is -1.92.